The third-order valence-corrected chi connectivity index (χ3v) is 2.40. The van der Waals surface area contributed by atoms with E-state index in [1.807, 2.05) is 0 Å². The van der Waals surface area contributed by atoms with Crippen LogP contribution >= 0.6 is 0 Å². The van der Waals surface area contributed by atoms with E-state index in [1.165, 1.54) is 0 Å². The summed E-state index contributed by atoms with van der Waals surface area (Å²) in [5, 5.41) is 12.5. The molecule has 94 valence electrons. The second-order valence-electron chi connectivity index (χ2n) is 5.11. The number of nitrogens with one attached hydrogen (secondary N) is 1. The molecule has 0 spiro atoms. The summed E-state index contributed by atoms with van der Waals surface area (Å²) >= 11 is 0. The van der Waals surface area contributed by atoms with Crippen LogP contribution in [0.5, 0.6) is 0 Å². The first-order valence-electron chi connectivity index (χ1n) is 5.59. The zero-order valence-electron chi connectivity index (χ0n) is 10.3. The molecule has 1 amide bonds. The second-order valence-corrected chi connectivity index (χ2v) is 5.11. The largest absolute Gasteiger partial charge is 0.444 e. The zero-order chi connectivity index (χ0) is 12.3. The Hall–Kier alpha value is -0.810. The Morgan fingerprint density at radius 3 is 2.69 bits per heavy atom. The van der Waals surface area contributed by atoms with Gasteiger partial charge in [0.15, 0.2) is 0 Å². The van der Waals surface area contributed by atoms with E-state index < -0.39 is 17.8 Å². The van der Waals surface area contributed by atoms with Crippen LogP contribution in [0.1, 0.15) is 34.1 Å². The molecule has 1 saturated heterocycles. The molecule has 1 aliphatic heterocycles. The van der Waals surface area contributed by atoms with Crippen LogP contribution in [0, 0.1) is 0 Å². The summed E-state index contributed by atoms with van der Waals surface area (Å²) in [5.41, 5.74) is -0.522. The van der Waals surface area contributed by atoms with Gasteiger partial charge in [-0.15, -0.1) is 0 Å². The second kappa shape index (κ2) is 5.01. The Kier molecular flexibility index (Phi) is 4.15. The molecular formula is C11H21NO4. The highest BCUT2D eigenvalue weighted by atomic mass is 16.6. The maximum Gasteiger partial charge on any atom is 0.407 e. The predicted octanol–water partition coefficient (Wildman–Crippen LogP) is 1.05. The maximum absolute atomic E-state index is 11.5. The predicted molar refractivity (Wildman–Crippen MR) is 59.2 cm³/mol. The van der Waals surface area contributed by atoms with Crippen LogP contribution < -0.4 is 5.32 Å². The molecule has 0 unspecified atom stereocenters. The first-order valence-corrected chi connectivity index (χ1v) is 5.59. The van der Waals surface area contributed by atoms with E-state index in [0.29, 0.717) is 13.0 Å². The molecule has 3 atom stereocenters. The molecule has 1 heterocycles. The van der Waals surface area contributed by atoms with Crippen molar-refractivity contribution >= 4 is 6.09 Å². The number of hydrogen-bond acceptors (Lipinski definition) is 4. The van der Waals surface area contributed by atoms with Crippen molar-refractivity contribution in [3.8, 4) is 0 Å². The Morgan fingerprint density at radius 1 is 1.50 bits per heavy atom. The van der Waals surface area contributed by atoms with Gasteiger partial charge in [-0.25, -0.2) is 4.79 Å². The van der Waals surface area contributed by atoms with Crippen molar-refractivity contribution in [1.82, 2.24) is 5.32 Å². The Labute approximate surface area is 96.1 Å². The normalized spacial score (nSPS) is 30.9. The van der Waals surface area contributed by atoms with Gasteiger partial charge in [-0.1, -0.05) is 0 Å². The van der Waals surface area contributed by atoms with Gasteiger partial charge in [0, 0.05) is 6.61 Å². The quantitative estimate of drug-likeness (QED) is 0.708. The van der Waals surface area contributed by atoms with Crippen LogP contribution in [0.4, 0.5) is 4.79 Å². The van der Waals surface area contributed by atoms with E-state index in [1.54, 1.807) is 27.7 Å². The highest BCUT2D eigenvalue weighted by Crippen LogP contribution is 2.15. The summed E-state index contributed by atoms with van der Waals surface area (Å²) in [7, 11) is 0. The summed E-state index contributed by atoms with van der Waals surface area (Å²) < 4.78 is 10.4. The lowest BCUT2D eigenvalue weighted by atomic mass is 10.0. The van der Waals surface area contributed by atoms with Gasteiger partial charge in [-0.2, -0.15) is 0 Å². The van der Waals surface area contributed by atoms with Crippen LogP contribution in [0.2, 0.25) is 0 Å². The van der Waals surface area contributed by atoms with Gasteiger partial charge in [-0.3, -0.25) is 0 Å². The standard InChI is InChI=1S/C11H21NO4/c1-7-9(13)8(5-6-15-7)12-10(14)16-11(2,3)4/h7-9,13H,5-6H2,1-4H3,(H,12,14)/t7-,8-,9-/m0/s1. The smallest absolute Gasteiger partial charge is 0.407 e. The number of aliphatic hydroxyl groups excluding tert-OH is 1. The fourth-order valence-electron chi connectivity index (χ4n) is 1.59. The van der Waals surface area contributed by atoms with Crippen molar-refractivity contribution < 1.29 is 19.4 Å². The summed E-state index contributed by atoms with van der Waals surface area (Å²) in [4.78, 5) is 11.5. The minimum absolute atomic E-state index is 0.256. The molecule has 0 bridgehead atoms. The maximum atomic E-state index is 11.5. The minimum Gasteiger partial charge on any atom is -0.444 e. The number of alkyl carbamates (subject to hydrolysis) is 1. The number of rotatable bonds is 1. The Balaban J connectivity index is 2.44. The lowest BCUT2D eigenvalue weighted by Gasteiger charge is -2.33. The van der Waals surface area contributed by atoms with Gasteiger partial charge in [0.05, 0.1) is 12.1 Å². The van der Waals surface area contributed by atoms with E-state index in [0.717, 1.165) is 0 Å². The number of aliphatic hydroxyl groups is 1. The summed E-state index contributed by atoms with van der Waals surface area (Å²) in [6.45, 7) is 7.73. The van der Waals surface area contributed by atoms with Gasteiger partial charge in [-0.05, 0) is 34.1 Å². The van der Waals surface area contributed by atoms with Crippen molar-refractivity contribution in [1.29, 1.82) is 0 Å². The monoisotopic (exact) mass is 231 g/mol. The molecule has 1 aliphatic rings. The zero-order valence-corrected chi connectivity index (χ0v) is 10.3. The summed E-state index contributed by atoms with van der Waals surface area (Å²) in [6.07, 6.45) is -0.828. The molecule has 0 aromatic rings. The van der Waals surface area contributed by atoms with Crippen molar-refractivity contribution in [3.05, 3.63) is 0 Å². The molecule has 0 aliphatic carbocycles. The van der Waals surface area contributed by atoms with Gasteiger partial charge in [0.2, 0.25) is 0 Å². The number of hydrogen-bond donors (Lipinski definition) is 2. The fraction of sp³-hybridized carbons (Fsp3) is 0.909. The van der Waals surface area contributed by atoms with Gasteiger partial charge < -0.3 is 19.9 Å². The average Bonchev–Trinajstić information content (AvgIpc) is 2.09. The van der Waals surface area contributed by atoms with Crippen molar-refractivity contribution in [2.75, 3.05) is 6.61 Å². The van der Waals surface area contributed by atoms with Crippen molar-refractivity contribution in [2.24, 2.45) is 0 Å². The van der Waals surface area contributed by atoms with Gasteiger partial charge in [0.1, 0.15) is 11.7 Å². The van der Waals surface area contributed by atoms with E-state index in [-0.39, 0.29) is 12.1 Å². The molecule has 0 aromatic carbocycles. The third kappa shape index (κ3) is 3.98. The summed E-state index contributed by atoms with van der Waals surface area (Å²) in [6, 6.07) is -0.293. The highest BCUT2D eigenvalue weighted by molar-refractivity contribution is 5.68. The highest BCUT2D eigenvalue weighted by Gasteiger charge is 2.31. The number of ether oxygens (including phenoxy) is 2. The van der Waals surface area contributed by atoms with Crippen LogP contribution in [0.25, 0.3) is 0 Å². The van der Waals surface area contributed by atoms with Crippen molar-refractivity contribution in [3.63, 3.8) is 0 Å². The topological polar surface area (TPSA) is 67.8 Å². The molecule has 5 nitrogen and oxygen atoms in total. The van der Waals surface area contributed by atoms with E-state index >= 15 is 0 Å². The van der Waals surface area contributed by atoms with Crippen LogP contribution in [-0.4, -0.2) is 41.7 Å². The lowest BCUT2D eigenvalue weighted by Crippen LogP contribution is -2.53. The molecular weight excluding hydrogens is 210 g/mol. The molecule has 2 N–H and O–H groups in total. The number of carbonyl (C=O) groups is 1. The molecule has 0 aromatic heterocycles. The van der Waals surface area contributed by atoms with Crippen LogP contribution in [0.3, 0.4) is 0 Å². The molecule has 1 rings (SSSR count). The average molecular weight is 231 g/mol. The van der Waals surface area contributed by atoms with Gasteiger partial charge >= 0.3 is 6.09 Å². The molecule has 1 fully saturated rings. The molecule has 0 saturated carbocycles. The SMILES string of the molecule is C[C@@H]1OCC[C@H](NC(=O)OC(C)(C)C)[C@H]1O. The van der Waals surface area contributed by atoms with E-state index in [9.17, 15) is 9.90 Å². The Bertz CT molecular complexity index is 249. The fourth-order valence-corrected chi connectivity index (χ4v) is 1.59. The van der Waals surface area contributed by atoms with Gasteiger partial charge in [0.25, 0.3) is 0 Å². The third-order valence-electron chi connectivity index (χ3n) is 2.40. The van der Waals surface area contributed by atoms with Crippen LogP contribution in [0.15, 0.2) is 0 Å². The molecule has 0 radical (unpaired) electrons. The number of amides is 1. The first kappa shape index (κ1) is 13.3. The van der Waals surface area contributed by atoms with Crippen molar-refractivity contribution in [2.45, 2.75) is 58.0 Å². The Morgan fingerprint density at radius 2 is 2.12 bits per heavy atom. The summed E-state index contributed by atoms with van der Waals surface area (Å²) in [5.74, 6) is 0. The van der Waals surface area contributed by atoms with E-state index in [4.69, 9.17) is 9.47 Å². The number of carbonyl (C=O) groups excluding carboxylic acids is 1. The first-order chi connectivity index (χ1) is 7.29. The minimum atomic E-state index is -0.679. The molecule has 16 heavy (non-hydrogen) atoms. The van der Waals surface area contributed by atoms with E-state index in [2.05, 4.69) is 5.32 Å². The van der Waals surface area contributed by atoms with Crippen LogP contribution in [-0.2, 0) is 9.47 Å². The lowest BCUT2D eigenvalue weighted by molar-refractivity contribution is -0.0816. The molecule has 5 heteroatoms.